The summed E-state index contributed by atoms with van der Waals surface area (Å²) in [5, 5.41) is 34.9. The molecule has 2 aliphatic heterocycles. The smallest absolute Gasteiger partial charge is 0.320 e. The molecule has 0 spiro atoms. The molecule has 3 heterocycles. The number of thioether (sulfide) groups is 1. The third-order valence-corrected chi connectivity index (χ3v) is 7.67. The van der Waals surface area contributed by atoms with Crippen LogP contribution in [-0.4, -0.2) is 84.2 Å². The summed E-state index contributed by atoms with van der Waals surface area (Å²) in [7, 11) is 1.71. The highest BCUT2D eigenvalue weighted by molar-refractivity contribution is 7.99. The lowest BCUT2D eigenvalue weighted by Crippen LogP contribution is -2.50. The molecule has 0 unspecified atom stereocenters. The van der Waals surface area contributed by atoms with Gasteiger partial charge in [-0.1, -0.05) is 11.8 Å². The number of hydrogen-bond donors (Lipinski definition) is 3. The number of piperidine rings is 1. The minimum absolute atomic E-state index is 0.131. The van der Waals surface area contributed by atoms with Crippen molar-refractivity contribution in [2.45, 2.75) is 54.6 Å². The van der Waals surface area contributed by atoms with E-state index in [1.165, 1.54) is 16.6 Å². The van der Waals surface area contributed by atoms with Crippen LogP contribution in [0, 0.1) is 17.8 Å². The normalized spacial score (nSPS) is 35.3. The van der Waals surface area contributed by atoms with E-state index in [0.717, 1.165) is 32.4 Å². The van der Waals surface area contributed by atoms with Gasteiger partial charge in [-0.15, -0.1) is 10.2 Å². The molecular weight excluding hydrogens is 396 g/mol. The molecule has 0 amide bonds. The number of carboxylic acids is 2. The van der Waals surface area contributed by atoms with Crippen molar-refractivity contribution in [1.29, 1.82) is 0 Å². The van der Waals surface area contributed by atoms with Crippen LogP contribution < -0.4 is 5.32 Å². The third-order valence-electron chi connectivity index (χ3n) is 6.62. The highest BCUT2D eigenvalue weighted by Gasteiger charge is 2.42. The maximum absolute atomic E-state index is 11.8. The predicted octanol–water partition coefficient (Wildman–Crippen LogP) is 0.309. The molecule has 4 rings (SSSR count). The average molecular weight is 425 g/mol. The van der Waals surface area contributed by atoms with E-state index in [-0.39, 0.29) is 5.25 Å². The highest BCUT2D eigenvalue weighted by atomic mass is 32.2. The number of tetrazole rings is 1. The largest absolute Gasteiger partial charge is 0.480 e. The fourth-order valence-electron chi connectivity index (χ4n) is 5.22. The molecule has 0 radical (unpaired) electrons. The molecule has 3 aliphatic rings. The van der Waals surface area contributed by atoms with Gasteiger partial charge in [0, 0.05) is 18.3 Å². The topological polar surface area (TPSA) is 133 Å². The van der Waals surface area contributed by atoms with Crippen molar-refractivity contribution in [1.82, 2.24) is 30.4 Å². The van der Waals surface area contributed by atoms with Gasteiger partial charge in [0.05, 0.1) is 7.05 Å². The summed E-state index contributed by atoms with van der Waals surface area (Å²) in [6.07, 6.45) is 4.40. The number of nitrogens with zero attached hydrogens (tertiary/aromatic N) is 5. The van der Waals surface area contributed by atoms with Crippen molar-refractivity contribution in [3.63, 3.8) is 0 Å². The van der Waals surface area contributed by atoms with Crippen LogP contribution in [0.2, 0.25) is 0 Å². The van der Waals surface area contributed by atoms with Crippen molar-refractivity contribution in [3.05, 3.63) is 0 Å². The van der Waals surface area contributed by atoms with Gasteiger partial charge >= 0.3 is 11.9 Å². The van der Waals surface area contributed by atoms with Crippen molar-refractivity contribution in [2.75, 3.05) is 19.6 Å². The lowest BCUT2D eigenvalue weighted by Gasteiger charge is -2.42. The van der Waals surface area contributed by atoms with Gasteiger partial charge in [0.2, 0.25) is 5.16 Å². The summed E-state index contributed by atoms with van der Waals surface area (Å²) in [5.41, 5.74) is 0. The standard InChI is InChI=1S/C18H28N6O4S/c1-23-21-18(20-22-23)29-13-6-15(17(27)28)24(9-13)8-10-2-3-11-7-19-14(16(25)26)5-12(11)4-10/h10-15,19H,2-9H2,1H3,(H,25,26)(H,27,28)/t10-,11-,12+,13-,14-,15-/m0/s1. The second-order valence-corrected chi connectivity index (χ2v) is 9.85. The number of aryl methyl sites for hydroxylation is 1. The molecule has 1 saturated carbocycles. The number of aromatic nitrogens is 4. The van der Waals surface area contributed by atoms with Crippen molar-refractivity contribution in [2.24, 2.45) is 24.8 Å². The maximum atomic E-state index is 11.8. The Hall–Kier alpha value is -1.72. The number of aliphatic carboxylic acids is 2. The number of likely N-dealkylation sites (tertiary alicyclic amines) is 1. The lowest BCUT2D eigenvalue weighted by atomic mass is 9.69. The molecule has 10 nitrogen and oxygen atoms in total. The van der Waals surface area contributed by atoms with Gasteiger partial charge < -0.3 is 15.5 Å². The van der Waals surface area contributed by atoms with E-state index in [2.05, 4.69) is 25.6 Å². The Labute approximate surface area is 173 Å². The number of nitrogens with one attached hydrogen (secondary N) is 1. The minimum atomic E-state index is -0.776. The molecule has 0 aromatic carbocycles. The Morgan fingerprint density at radius 3 is 2.69 bits per heavy atom. The Bertz CT molecular complexity index is 760. The first-order chi connectivity index (χ1) is 13.9. The van der Waals surface area contributed by atoms with Crippen LogP contribution in [0.4, 0.5) is 0 Å². The summed E-state index contributed by atoms with van der Waals surface area (Å²) in [4.78, 5) is 26.7. The Morgan fingerprint density at radius 1 is 1.17 bits per heavy atom. The lowest BCUT2D eigenvalue weighted by molar-refractivity contribution is -0.143. The number of hydrogen-bond acceptors (Lipinski definition) is 8. The quantitative estimate of drug-likeness (QED) is 0.586. The fourth-order valence-corrected chi connectivity index (χ4v) is 6.31. The van der Waals surface area contributed by atoms with E-state index in [1.54, 1.807) is 7.05 Å². The molecule has 1 aromatic heterocycles. The maximum Gasteiger partial charge on any atom is 0.320 e. The molecule has 29 heavy (non-hydrogen) atoms. The molecule has 11 heteroatoms. The van der Waals surface area contributed by atoms with Gasteiger partial charge in [-0.05, 0) is 61.6 Å². The van der Waals surface area contributed by atoms with Gasteiger partial charge in [-0.3, -0.25) is 14.5 Å². The molecule has 160 valence electrons. The van der Waals surface area contributed by atoms with Crippen molar-refractivity contribution < 1.29 is 19.8 Å². The fraction of sp³-hybridized carbons (Fsp3) is 0.833. The van der Waals surface area contributed by atoms with E-state index in [9.17, 15) is 19.8 Å². The first-order valence-electron chi connectivity index (χ1n) is 10.2. The van der Waals surface area contributed by atoms with Crippen molar-refractivity contribution in [3.8, 4) is 0 Å². The van der Waals surface area contributed by atoms with Gasteiger partial charge in [0.1, 0.15) is 12.1 Å². The molecular formula is C18H28N6O4S. The van der Waals surface area contributed by atoms with E-state index in [1.807, 2.05) is 0 Å². The van der Waals surface area contributed by atoms with Crippen LogP contribution in [0.5, 0.6) is 0 Å². The van der Waals surface area contributed by atoms with Gasteiger partial charge in [-0.2, -0.15) is 4.80 Å². The summed E-state index contributed by atoms with van der Waals surface area (Å²) in [6.45, 7) is 2.24. The summed E-state index contributed by atoms with van der Waals surface area (Å²) < 4.78 is 0. The molecule has 1 aromatic rings. The second kappa shape index (κ2) is 8.57. The van der Waals surface area contributed by atoms with Gasteiger partial charge in [0.25, 0.3) is 0 Å². The van der Waals surface area contributed by atoms with Gasteiger partial charge in [-0.25, -0.2) is 0 Å². The molecule has 6 atom stereocenters. The molecule has 2 saturated heterocycles. The monoisotopic (exact) mass is 424 g/mol. The van der Waals surface area contributed by atoms with Crippen LogP contribution in [0.1, 0.15) is 32.1 Å². The van der Waals surface area contributed by atoms with Gasteiger partial charge in [0.15, 0.2) is 0 Å². The Morgan fingerprint density at radius 2 is 2.00 bits per heavy atom. The van der Waals surface area contributed by atoms with Crippen molar-refractivity contribution >= 4 is 23.7 Å². The second-order valence-electron chi connectivity index (χ2n) is 8.58. The molecule has 1 aliphatic carbocycles. The van der Waals surface area contributed by atoms with Crippen LogP contribution in [-0.2, 0) is 16.6 Å². The first kappa shape index (κ1) is 20.5. The third kappa shape index (κ3) is 4.72. The van der Waals surface area contributed by atoms with Crippen LogP contribution in [0.3, 0.4) is 0 Å². The Kier molecular flexibility index (Phi) is 6.07. The predicted molar refractivity (Wildman–Crippen MR) is 104 cm³/mol. The molecule has 0 bridgehead atoms. The first-order valence-corrected chi connectivity index (χ1v) is 11.1. The van der Waals surface area contributed by atoms with E-state index < -0.39 is 24.0 Å². The van der Waals surface area contributed by atoms with Crippen LogP contribution >= 0.6 is 11.8 Å². The average Bonchev–Trinajstić information content (AvgIpc) is 3.27. The highest BCUT2D eigenvalue weighted by Crippen LogP contribution is 2.40. The zero-order valence-corrected chi connectivity index (χ0v) is 17.3. The number of fused-ring (bicyclic) bond motifs is 1. The van der Waals surface area contributed by atoms with E-state index in [0.29, 0.717) is 42.3 Å². The Balaban J connectivity index is 1.35. The SMILES string of the molecule is Cn1nnc(S[C@H]2C[C@@H](C(=O)O)N(C[C@H]3CC[C@H]4CN[C@H](C(=O)O)C[C@H]4C3)C2)n1. The van der Waals surface area contributed by atoms with E-state index in [4.69, 9.17) is 0 Å². The number of carboxylic acid groups (broad SMARTS) is 2. The summed E-state index contributed by atoms with van der Waals surface area (Å²) in [6, 6.07) is -0.935. The molecule has 3 fully saturated rings. The van der Waals surface area contributed by atoms with E-state index >= 15 is 0 Å². The number of rotatable bonds is 6. The summed E-state index contributed by atoms with van der Waals surface area (Å²) in [5.74, 6) is -0.169. The van der Waals surface area contributed by atoms with Crippen LogP contribution in [0.25, 0.3) is 0 Å². The molecule has 3 N–H and O–H groups in total. The zero-order valence-electron chi connectivity index (χ0n) is 16.5. The minimum Gasteiger partial charge on any atom is -0.480 e. The van der Waals surface area contributed by atoms with Crippen LogP contribution in [0.15, 0.2) is 5.16 Å². The summed E-state index contributed by atoms with van der Waals surface area (Å²) >= 11 is 1.50. The number of carbonyl (C=O) groups is 2. The zero-order chi connectivity index (χ0) is 20.5.